The number of carbonyl (C=O) groups is 3. The minimum Gasteiger partial charge on any atom is -0.385 e. The average molecular weight is 540 g/mol. The van der Waals surface area contributed by atoms with Gasteiger partial charge in [-0.25, -0.2) is 4.39 Å². The van der Waals surface area contributed by atoms with Crippen LogP contribution < -0.4 is 10.6 Å². The number of rotatable bonds is 10. The van der Waals surface area contributed by atoms with Crippen LogP contribution in [-0.2, 0) is 14.3 Å². The molecule has 10 heteroatoms. The molecule has 0 saturated heterocycles. The summed E-state index contributed by atoms with van der Waals surface area (Å²) >= 11 is 7.09. The number of halogens is 2. The first-order chi connectivity index (χ1) is 17.9. The maximum atomic E-state index is 13.4. The molecule has 0 unspecified atom stereocenters. The van der Waals surface area contributed by atoms with Crippen molar-refractivity contribution in [2.45, 2.75) is 11.3 Å². The monoisotopic (exact) mass is 539 g/mol. The van der Waals surface area contributed by atoms with E-state index in [-0.39, 0.29) is 23.1 Å². The summed E-state index contributed by atoms with van der Waals surface area (Å²) in [5.74, 6) is -1.66. The lowest BCUT2D eigenvalue weighted by Gasteiger charge is -2.14. The molecule has 1 aliphatic rings. The Bertz CT molecular complexity index is 1360. The summed E-state index contributed by atoms with van der Waals surface area (Å²) in [5.41, 5.74) is 1.49. The Morgan fingerprint density at radius 1 is 1.00 bits per heavy atom. The normalized spacial score (nSPS) is 13.3. The Hall–Kier alpha value is -3.66. The van der Waals surface area contributed by atoms with E-state index < -0.39 is 17.6 Å². The van der Waals surface area contributed by atoms with Gasteiger partial charge in [-0.05, 0) is 67.1 Å². The number of thioether (sulfide) groups is 1. The van der Waals surface area contributed by atoms with Crippen molar-refractivity contribution in [3.63, 3.8) is 0 Å². The van der Waals surface area contributed by atoms with Crippen molar-refractivity contribution in [1.82, 2.24) is 4.90 Å². The molecule has 37 heavy (non-hydrogen) atoms. The van der Waals surface area contributed by atoms with Crippen LogP contribution in [0.15, 0.2) is 88.3 Å². The number of nitrogens with one attached hydrogen (secondary N) is 2. The number of methoxy groups -OCH3 is 1. The fourth-order valence-corrected chi connectivity index (χ4v) is 4.79. The van der Waals surface area contributed by atoms with Crippen molar-refractivity contribution in [2.75, 3.05) is 30.9 Å². The molecule has 0 fully saturated rings. The predicted octanol–water partition coefficient (Wildman–Crippen LogP) is 5.55. The van der Waals surface area contributed by atoms with Gasteiger partial charge in [0.1, 0.15) is 16.4 Å². The Kier molecular flexibility index (Phi) is 8.60. The third-order valence-corrected chi connectivity index (χ3v) is 6.68. The van der Waals surface area contributed by atoms with Crippen LogP contribution in [0.2, 0.25) is 5.02 Å². The number of amides is 3. The number of hydrogen-bond donors (Lipinski definition) is 2. The van der Waals surface area contributed by atoms with Gasteiger partial charge in [0.15, 0.2) is 0 Å². The first kappa shape index (κ1) is 26.4. The second kappa shape index (κ2) is 12.1. The molecule has 190 valence electrons. The molecule has 0 aliphatic carbocycles. The number of imide groups is 1. The van der Waals surface area contributed by atoms with Gasteiger partial charge in [0.2, 0.25) is 0 Å². The van der Waals surface area contributed by atoms with Gasteiger partial charge in [0.05, 0.1) is 0 Å². The summed E-state index contributed by atoms with van der Waals surface area (Å²) in [4.78, 5) is 41.0. The second-order valence-corrected chi connectivity index (χ2v) is 9.56. The van der Waals surface area contributed by atoms with Crippen LogP contribution in [0.4, 0.5) is 15.8 Å². The highest BCUT2D eigenvalue weighted by Gasteiger charge is 2.38. The molecule has 3 aromatic carbocycles. The highest BCUT2D eigenvalue weighted by Crippen LogP contribution is 2.37. The van der Waals surface area contributed by atoms with E-state index in [1.165, 1.54) is 24.3 Å². The van der Waals surface area contributed by atoms with E-state index in [4.69, 9.17) is 16.3 Å². The third-order valence-electron chi connectivity index (χ3n) is 5.37. The van der Waals surface area contributed by atoms with Crippen LogP contribution in [-0.4, -0.2) is 42.9 Å². The van der Waals surface area contributed by atoms with Crippen molar-refractivity contribution in [3.8, 4) is 0 Å². The fourth-order valence-electron chi connectivity index (χ4n) is 3.59. The van der Waals surface area contributed by atoms with Crippen LogP contribution >= 0.6 is 23.4 Å². The van der Waals surface area contributed by atoms with Crippen LogP contribution in [0.3, 0.4) is 0 Å². The van der Waals surface area contributed by atoms with Crippen molar-refractivity contribution in [2.24, 2.45) is 0 Å². The van der Waals surface area contributed by atoms with Gasteiger partial charge >= 0.3 is 0 Å². The van der Waals surface area contributed by atoms with Gasteiger partial charge < -0.3 is 15.4 Å². The van der Waals surface area contributed by atoms with Crippen molar-refractivity contribution < 1.29 is 23.5 Å². The lowest BCUT2D eigenvalue weighted by Crippen LogP contribution is -2.33. The lowest BCUT2D eigenvalue weighted by atomic mass is 10.2. The lowest BCUT2D eigenvalue weighted by molar-refractivity contribution is -0.137. The Morgan fingerprint density at radius 2 is 1.76 bits per heavy atom. The number of carbonyl (C=O) groups excluding carboxylic acids is 3. The van der Waals surface area contributed by atoms with Gasteiger partial charge in [-0.2, -0.15) is 0 Å². The van der Waals surface area contributed by atoms with E-state index in [9.17, 15) is 18.8 Å². The molecular weight excluding hydrogens is 517 g/mol. The minimum atomic E-state index is -0.474. The van der Waals surface area contributed by atoms with E-state index >= 15 is 0 Å². The highest BCUT2D eigenvalue weighted by atomic mass is 35.5. The molecule has 0 aromatic heterocycles. The zero-order valence-electron chi connectivity index (χ0n) is 19.8. The summed E-state index contributed by atoms with van der Waals surface area (Å²) < 4.78 is 18.4. The van der Waals surface area contributed by atoms with E-state index in [2.05, 4.69) is 10.6 Å². The first-order valence-corrected chi connectivity index (χ1v) is 12.5. The molecule has 0 saturated carbocycles. The fraction of sp³-hybridized carbons (Fsp3) is 0.148. The maximum Gasteiger partial charge on any atom is 0.278 e. The molecule has 1 heterocycles. The molecular formula is C27H23ClFN3O4S. The van der Waals surface area contributed by atoms with E-state index in [1.807, 2.05) is 0 Å². The zero-order valence-corrected chi connectivity index (χ0v) is 21.4. The standard InChI is InChI=1S/C27H23ClFN3O4S/c1-36-14-4-13-32-26(34)23(30-20-11-9-19(29)10-12-20)24(27(32)35)37-22-8-3-7-21(16-22)31-25(33)17-5-2-6-18(28)15-17/h2-3,5-12,15-16,30H,4,13-14H2,1H3,(H,31,33). The zero-order chi connectivity index (χ0) is 26.4. The molecule has 2 N–H and O–H groups in total. The van der Waals surface area contributed by atoms with Crippen LogP contribution in [0.1, 0.15) is 16.8 Å². The molecule has 3 amide bonds. The molecule has 0 radical (unpaired) electrons. The van der Waals surface area contributed by atoms with Crippen molar-refractivity contribution in [1.29, 1.82) is 0 Å². The average Bonchev–Trinajstić information content (AvgIpc) is 3.09. The molecule has 7 nitrogen and oxygen atoms in total. The Morgan fingerprint density at radius 3 is 2.49 bits per heavy atom. The van der Waals surface area contributed by atoms with E-state index in [0.717, 1.165) is 16.7 Å². The molecule has 0 bridgehead atoms. The van der Waals surface area contributed by atoms with Gasteiger partial charge in [0, 0.05) is 47.1 Å². The number of benzene rings is 3. The topological polar surface area (TPSA) is 87.7 Å². The summed E-state index contributed by atoms with van der Waals surface area (Å²) in [5, 5.41) is 6.24. The van der Waals surface area contributed by atoms with Crippen LogP contribution in [0.25, 0.3) is 0 Å². The third kappa shape index (κ3) is 6.56. The van der Waals surface area contributed by atoms with Gasteiger partial charge in [0.25, 0.3) is 17.7 Å². The van der Waals surface area contributed by atoms with Crippen LogP contribution in [0.5, 0.6) is 0 Å². The second-order valence-electron chi connectivity index (χ2n) is 8.04. The summed E-state index contributed by atoms with van der Waals surface area (Å²) in [6.45, 7) is 0.592. The Balaban J connectivity index is 1.58. The van der Waals surface area contributed by atoms with Gasteiger partial charge in [-0.3, -0.25) is 19.3 Å². The number of nitrogens with zero attached hydrogens (tertiary/aromatic N) is 1. The molecule has 4 rings (SSSR count). The van der Waals surface area contributed by atoms with Crippen molar-refractivity contribution >= 4 is 52.5 Å². The Labute approximate surface area is 222 Å². The summed E-state index contributed by atoms with van der Waals surface area (Å²) in [6.07, 6.45) is 0.487. The summed E-state index contributed by atoms with van der Waals surface area (Å²) in [6, 6.07) is 19.0. The predicted molar refractivity (Wildman–Crippen MR) is 142 cm³/mol. The summed E-state index contributed by atoms with van der Waals surface area (Å²) in [7, 11) is 1.55. The van der Waals surface area contributed by atoms with Crippen molar-refractivity contribution in [3.05, 3.63) is 99.8 Å². The number of ether oxygens (including phenoxy) is 1. The van der Waals surface area contributed by atoms with Crippen LogP contribution in [0, 0.1) is 5.82 Å². The molecule has 0 atom stereocenters. The number of hydrogen-bond acceptors (Lipinski definition) is 6. The number of anilines is 2. The largest absolute Gasteiger partial charge is 0.385 e. The van der Waals surface area contributed by atoms with Gasteiger partial charge in [-0.15, -0.1) is 0 Å². The minimum absolute atomic E-state index is 0.104. The maximum absolute atomic E-state index is 13.4. The first-order valence-electron chi connectivity index (χ1n) is 11.3. The quantitative estimate of drug-likeness (QED) is 0.259. The van der Waals surface area contributed by atoms with E-state index in [0.29, 0.717) is 39.9 Å². The van der Waals surface area contributed by atoms with E-state index in [1.54, 1.807) is 55.6 Å². The molecule has 0 spiro atoms. The van der Waals surface area contributed by atoms with Gasteiger partial charge in [-0.1, -0.05) is 35.5 Å². The SMILES string of the molecule is COCCCN1C(=O)C(Nc2ccc(F)cc2)=C(Sc2cccc(NC(=O)c3cccc(Cl)c3)c2)C1=O. The highest BCUT2D eigenvalue weighted by molar-refractivity contribution is 8.04. The smallest absolute Gasteiger partial charge is 0.278 e. The molecule has 3 aromatic rings. The molecule has 1 aliphatic heterocycles.